The Hall–Kier alpha value is -2.62. The summed E-state index contributed by atoms with van der Waals surface area (Å²) in [6.07, 6.45) is 1.64. The summed E-state index contributed by atoms with van der Waals surface area (Å²) >= 11 is 0. The average molecular weight is 262 g/mol. The van der Waals surface area contributed by atoms with E-state index in [1.54, 1.807) is 6.92 Å². The number of esters is 1. The first kappa shape index (κ1) is 14.4. The molecule has 0 fully saturated rings. The molecule has 1 aromatic heterocycles. The summed E-state index contributed by atoms with van der Waals surface area (Å²) in [5.41, 5.74) is 6.57. The molecule has 0 saturated carbocycles. The molecule has 1 aromatic rings. The topological polar surface area (TPSA) is 118 Å². The largest absolute Gasteiger partial charge is 0.452 e. The second-order valence-corrected chi connectivity index (χ2v) is 3.74. The highest BCUT2D eigenvalue weighted by molar-refractivity contribution is 5.93. The van der Waals surface area contributed by atoms with Crippen molar-refractivity contribution in [3.63, 3.8) is 0 Å². The van der Waals surface area contributed by atoms with E-state index in [4.69, 9.17) is 15.7 Å². The van der Waals surface area contributed by atoms with Crippen LogP contribution in [0.4, 0.5) is 5.69 Å². The number of rotatable bonds is 5. The SMILES string of the molecule is Cc1ncc(N)cc1C(=O)OCC(=O)NCCC#N. The number of carbonyl (C=O) groups excluding carboxylic acids is 2. The fraction of sp³-hybridized carbons (Fsp3) is 0.333. The molecule has 0 radical (unpaired) electrons. The maximum atomic E-state index is 11.7. The number of aryl methyl sites for hydroxylation is 1. The van der Waals surface area contributed by atoms with Gasteiger partial charge in [0.25, 0.3) is 5.91 Å². The normalized spacial score (nSPS) is 9.47. The number of nitrogens with one attached hydrogen (secondary N) is 1. The molecular formula is C12H14N4O3. The first-order chi connectivity index (χ1) is 9.04. The first-order valence-corrected chi connectivity index (χ1v) is 5.57. The van der Waals surface area contributed by atoms with E-state index in [2.05, 4.69) is 10.3 Å². The molecule has 1 heterocycles. The second kappa shape index (κ2) is 6.96. The summed E-state index contributed by atoms with van der Waals surface area (Å²) < 4.78 is 4.83. The van der Waals surface area contributed by atoms with Crippen LogP contribution < -0.4 is 11.1 Å². The predicted molar refractivity (Wildman–Crippen MR) is 66.9 cm³/mol. The van der Waals surface area contributed by atoms with Crippen molar-refractivity contribution in [3.8, 4) is 6.07 Å². The number of nitrogens with two attached hydrogens (primary N) is 1. The van der Waals surface area contributed by atoms with Crippen LogP contribution in [0.1, 0.15) is 22.5 Å². The molecule has 0 atom stereocenters. The lowest BCUT2D eigenvalue weighted by Gasteiger charge is -2.07. The van der Waals surface area contributed by atoms with Crippen LogP contribution in [0.5, 0.6) is 0 Å². The van der Waals surface area contributed by atoms with Crippen LogP contribution in [0, 0.1) is 18.3 Å². The third kappa shape index (κ3) is 4.63. The molecule has 7 heteroatoms. The third-order valence-electron chi connectivity index (χ3n) is 2.22. The van der Waals surface area contributed by atoms with Gasteiger partial charge in [-0.2, -0.15) is 5.26 Å². The summed E-state index contributed by atoms with van der Waals surface area (Å²) in [5.74, 6) is -1.12. The van der Waals surface area contributed by atoms with Gasteiger partial charge in [-0.05, 0) is 13.0 Å². The van der Waals surface area contributed by atoms with E-state index in [0.29, 0.717) is 11.4 Å². The molecule has 3 N–H and O–H groups in total. The molecule has 0 saturated heterocycles. The highest BCUT2D eigenvalue weighted by Crippen LogP contribution is 2.10. The second-order valence-electron chi connectivity index (χ2n) is 3.74. The molecule has 0 aliphatic rings. The van der Waals surface area contributed by atoms with Crippen molar-refractivity contribution in [2.45, 2.75) is 13.3 Å². The monoisotopic (exact) mass is 262 g/mol. The Morgan fingerprint density at radius 1 is 1.58 bits per heavy atom. The average Bonchev–Trinajstić information content (AvgIpc) is 2.39. The van der Waals surface area contributed by atoms with Gasteiger partial charge in [0.2, 0.25) is 0 Å². The molecule has 0 aliphatic carbocycles. The Bertz CT molecular complexity index is 522. The van der Waals surface area contributed by atoms with E-state index in [1.807, 2.05) is 6.07 Å². The Morgan fingerprint density at radius 2 is 2.32 bits per heavy atom. The maximum Gasteiger partial charge on any atom is 0.340 e. The lowest BCUT2D eigenvalue weighted by Crippen LogP contribution is -2.29. The number of pyridine rings is 1. The summed E-state index contributed by atoms with van der Waals surface area (Å²) in [6.45, 7) is 1.47. The summed E-state index contributed by atoms with van der Waals surface area (Å²) in [5, 5.41) is 10.7. The minimum absolute atomic E-state index is 0.206. The summed E-state index contributed by atoms with van der Waals surface area (Å²) in [7, 11) is 0. The number of hydrogen-bond acceptors (Lipinski definition) is 6. The lowest BCUT2D eigenvalue weighted by molar-refractivity contribution is -0.124. The molecule has 100 valence electrons. The van der Waals surface area contributed by atoms with Crippen LogP contribution in [-0.2, 0) is 9.53 Å². The van der Waals surface area contributed by atoms with Crippen molar-refractivity contribution in [3.05, 3.63) is 23.5 Å². The van der Waals surface area contributed by atoms with Crippen LogP contribution in [0.3, 0.4) is 0 Å². The van der Waals surface area contributed by atoms with Gasteiger partial charge in [-0.1, -0.05) is 0 Å². The van der Waals surface area contributed by atoms with Crippen LogP contribution in [0.2, 0.25) is 0 Å². The third-order valence-corrected chi connectivity index (χ3v) is 2.22. The molecule has 7 nitrogen and oxygen atoms in total. The zero-order valence-electron chi connectivity index (χ0n) is 10.5. The van der Waals surface area contributed by atoms with E-state index in [0.717, 1.165) is 0 Å². The molecule has 0 unspecified atom stereocenters. The van der Waals surface area contributed by atoms with Gasteiger partial charge < -0.3 is 15.8 Å². The molecular weight excluding hydrogens is 248 g/mol. The Labute approximate surface area is 110 Å². The number of ether oxygens (including phenoxy) is 1. The van der Waals surface area contributed by atoms with Crippen molar-refractivity contribution in [2.75, 3.05) is 18.9 Å². The molecule has 0 bridgehead atoms. The maximum absolute atomic E-state index is 11.7. The number of nitrogen functional groups attached to an aromatic ring is 1. The molecule has 1 amide bonds. The van der Waals surface area contributed by atoms with Crippen molar-refractivity contribution >= 4 is 17.6 Å². The van der Waals surface area contributed by atoms with Gasteiger partial charge in [-0.25, -0.2) is 4.79 Å². The first-order valence-electron chi connectivity index (χ1n) is 5.57. The molecule has 0 spiro atoms. The van der Waals surface area contributed by atoms with Crippen LogP contribution in [0.15, 0.2) is 12.3 Å². The Balaban J connectivity index is 2.49. The van der Waals surface area contributed by atoms with E-state index in [1.165, 1.54) is 12.3 Å². The van der Waals surface area contributed by atoms with Gasteiger partial charge in [-0.3, -0.25) is 9.78 Å². The van der Waals surface area contributed by atoms with Crippen molar-refractivity contribution in [1.82, 2.24) is 10.3 Å². The lowest BCUT2D eigenvalue weighted by atomic mass is 10.2. The predicted octanol–water partition coefficient (Wildman–Crippen LogP) is 0.159. The zero-order chi connectivity index (χ0) is 14.3. The van der Waals surface area contributed by atoms with Gasteiger partial charge in [0, 0.05) is 6.54 Å². The number of aromatic nitrogens is 1. The Kier molecular flexibility index (Phi) is 5.29. The minimum atomic E-state index is -0.660. The highest BCUT2D eigenvalue weighted by Gasteiger charge is 2.13. The number of nitrogens with zero attached hydrogens (tertiary/aromatic N) is 2. The zero-order valence-corrected chi connectivity index (χ0v) is 10.5. The van der Waals surface area contributed by atoms with E-state index < -0.39 is 18.5 Å². The van der Waals surface area contributed by atoms with Crippen molar-refractivity contribution < 1.29 is 14.3 Å². The van der Waals surface area contributed by atoms with E-state index in [-0.39, 0.29) is 18.5 Å². The molecule has 0 aromatic carbocycles. The molecule has 1 rings (SSSR count). The quantitative estimate of drug-likeness (QED) is 0.576. The minimum Gasteiger partial charge on any atom is -0.452 e. The van der Waals surface area contributed by atoms with Gasteiger partial charge in [0.05, 0.1) is 35.6 Å². The van der Waals surface area contributed by atoms with Gasteiger partial charge >= 0.3 is 5.97 Å². The fourth-order valence-electron chi connectivity index (χ4n) is 1.27. The van der Waals surface area contributed by atoms with Crippen molar-refractivity contribution in [1.29, 1.82) is 5.26 Å². The van der Waals surface area contributed by atoms with E-state index >= 15 is 0 Å². The van der Waals surface area contributed by atoms with Crippen LogP contribution >= 0.6 is 0 Å². The highest BCUT2D eigenvalue weighted by atomic mass is 16.5. The van der Waals surface area contributed by atoms with Crippen molar-refractivity contribution in [2.24, 2.45) is 0 Å². The fourth-order valence-corrected chi connectivity index (χ4v) is 1.27. The summed E-state index contributed by atoms with van der Waals surface area (Å²) in [4.78, 5) is 26.9. The van der Waals surface area contributed by atoms with Crippen LogP contribution in [0.25, 0.3) is 0 Å². The number of nitriles is 1. The smallest absolute Gasteiger partial charge is 0.340 e. The molecule has 19 heavy (non-hydrogen) atoms. The van der Waals surface area contributed by atoms with Crippen LogP contribution in [-0.4, -0.2) is 30.0 Å². The van der Waals surface area contributed by atoms with Gasteiger partial charge in [0.15, 0.2) is 6.61 Å². The summed E-state index contributed by atoms with van der Waals surface area (Å²) in [6, 6.07) is 3.33. The standard InChI is InChI=1S/C12H14N4O3/c1-8-10(5-9(14)6-16-8)12(18)19-7-11(17)15-4-2-3-13/h5-6H,2,4,7,14H2,1H3,(H,15,17). The number of anilines is 1. The number of hydrogen-bond donors (Lipinski definition) is 2. The number of amides is 1. The van der Waals surface area contributed by atoms with Gasteiger partial charge in [0.1, 0.15) is 0 Å². The van der Waals surface area contributed by atoms with E-state index in [9.17, 15) is 9.59 Å². The molecule has 0 aliphatic heterocycles. The Morgan fingerprint density at radius 3 is 3.00 bits per heavy atom. The number of carbonyl (C=O) groups is 2. The van der Waals surface area contributed by atoms with Gasteiger partial charge in [-0.15, -0.1) is 0 Å².